The van der Waals surface area contributed by atoms with Gasteiger partial charge >= 0.3 is 0 Å². The van der Waals surface area contributed by atoms with E-state index in [2.05, 4.69) is 0 Å². The summed E-state index contributed by atoms with van der Waals surface area (Å²) in [5, 5.41) is 12.9. The summed E-state index contributed by atoms with van der Waals surface area (Å²) in [5.41, 5.74) is 0.330. The van der Waals surface area contributed by atoms with E-state index in [1.54, 1.807) is 36.4 Å². The number of Topliss-reactive ketones (excluding diaryl/α,β-unsaturated/α-hetero) is 1. The summed E-state index contributed by atoms with van der Waals surface area (Å²) in [6.07, 6.45) is 1.48. The first-order valence-electron chi connectivity index (χ1n) is 8.59. The van der Waals surface area contributed by atoms with Gasteiger partial charge in [0, 0.05) is 4.88 Å². The number of nitrogens with zero attached hydrogens (tertiary/aromatic N) is 1. The number of carbonyl (C=O) groups is 2. The highest BCUT2D eigenvalue weighted by Crippen LogP contribution is 2.41. The smallest absolute Gasteiger partial charge is 0.296 e. The highest BCUT2D eigenvalue weighted by atomic mass is 32.1. The summed E-state index contributed by atoms with van der Waals surface area (Å²) in [6.45, 7) is 0.246. The van der Waals surface area contributed by atoms with Crippen LogP contribution < -0.4 is 4.74 Å². The number of furan rings is 1. The standard InChI is InChI=1S/C21H17NO5S/c1-26-15-8-3-2-7-14(15)19(23)17-18(16-9-4-10-27-16)22(21(25)20(17)24)12-13-6-5-11-28-13/h2-11,18,23H,12H2,1H3/b19-17-. The Balaban J connectivity index is 1.87. The first kappa shape index (κ1) is 18.1. The molecule has 142 valence electrons. The minimum atomic E-state index is -0.818. The largest absolute Gasteiger partial charge is 0.507 e. The van der Waals surface area contributed by atoms with Crippen LogP contribution in [0.2, 0.25) is 0 Å². The zero-order chi connectivity index (χ0) is 19.7. The van der Waals surface area contributed by atoms with E-state index in [9.17, 15) is 14.7 Å². The molecule has 28 heavy (non-hydrogen) atoms. The summed E-state index contributed by atoms with van der Waals surface area (Å²) in [4.78, 5) is 28.0. The molecule has 1 fully saturated rings. The van der Waals surface area contributed by atoms with Crippen LogP contribution >= 0.6 is 11.3 Å². The monoisotopic (exact) mass is 395 g/mol. The minimum Gasteiger partial charge on any atom is -0.507 e. The van der Waals surface area contributed by atoms with Gasteiger partial charge in [0.25, 0.3) is 11.7 Å². The summed E-state index contributed by atoms with van der Waals surface area (Å²) in [7, 11) is 1.48. The molecule has 3 aromatic rings. The second kappa shape index (κ2) is 7.36. The van der Waals surface area contributed by atoms with E-state index >= 15 is 0 Å². The Morgan fingerprint density at radius 1 is 1.18 bits per heavy atom. The van der Waals surface area contributed by atoms with E-state index in [0.29, 0.717) is 17.1 Å². The van der Waals surface area contributed by atoms with Crippen LogP contribution in [0.1, 0.15) is 22.2 Å². The molecule has 1 unspecified atom stereocenters. The van der Waals surface area contributed by atoms with Crippen LogP contribution in [0.15, 0.2) is 70.2 Å². The van der Waals surface area contributed by atoms with Crippen LogP contribution in [0.5, 0.6) is 5.75 Å². The molecule has 0 aliphatic carbocycles. The number of thiophene rings is 1. The Hall–Kier alpha value is -3.32. The van der Waals surface area contributed by atoms with Gasteiger partial charge in [-0.25, -0.2) is 0 Å². The number of carbonyl (C=O) groups excluding carboxylic acids is 2. The van der Waals surface area contributed by atoms with Crippen molar-refractivity contribution < 1.29 is 23.8 Å². The van der Waals surface area contributed by atoms with Gasteiger partial charge in [-0.3, -0.25) is 9.59 Å². The molecule has 1 atom stereocenters. The zero-order valence-corrected chi connectivity index (χ0v) is 15.8. The molecule has 1 amide bonds. The van der Waals surface area contributed by atoms with Crippen molar-refractivity contribution in [2.45, 2.75) is 12.6 Å². The lowest BCUT2D eigenvalue weighted by atomic mass is 9.99. The summed E-state index contributed by atoms with van der Waals surface area (Å²) in [6, 6.07) is 13.1. The molecule has 0 radical (unpaired) electrons. The molecule has 1 N–H and O–H groups in total. The fourth-order valence-electron chi connectivity index (χ4n) is 3.34. The van der Waals surface area contributed by atoms with E-state index in [0.717, 1.165) is 4.88 Å². The Morgan fingerprint density at radius 2 is 2.00 bits per heavy atom. The lowest BCUT2D eigenvalue weighted by Gasteiger charge is -2.22. The molecular weight excluding hydrogens is 378 g/mol. The van der Waals surface area contributed by atoms with Crippen LogP contribution in [-0.2, 0) is 16.1 Å². The molecule has 1 aromatic carbocycles. The van der Waals surface area contributed by atoms with Crippen molar-refractivity contribution in [1.82, 2.24) is 4.90 Å². The summed E-state index contributed by atoms with van der Waals surface area (Å²) in [5.74, 6) is -0.895. The number of ether oxygens (including phenoxy) is 1. The fourth-order valence-corrected chi connectivity index (χ4v) is 4.04. The molecule has 2 aromatic heterocycles. The van der Waals surface area contributed by atoms with E-state index in [-0.39, 0.29) is 17.9 Å². The van der Waals surface area contributed by atoms with Crippen molar-refractivity contribution in [3.05, 3.63) is 81.9 Å². The number of rotatable bonds is 5. The predicted octanol–water partition coefficient (Wildman–Crippen LogP) is 3.97. The third kappa shape index (κ3) is 2.99. The maximum Gasteiger partial charge on any atom is 0.296 e. The maximum atomic E-state index is 12.9. The summed E-state index contributed by atoms with van der Waals surface area (Å²) < 4.78 is 10.8. The predicted molar refractivity (Wildman–Crippen MR) is 104 cm³/mol. The van der Waals surface area contributed by atoms with Gasteiger partial charge in [-0.2, -0.15) is 0 Å². The first-order chi connectivity index (χ1) is 13.6. The SMILES string of the molecule is COc1ccccc1/C(O)=C1/C(=O)C(=O)N(Cc2cccs2)C1c1ccco1. The minimum absolute atomic E-state index is 0.0130. The van der Waals surface area contributed by atoms with Gasteiger partial charge in [0.15, 0.2) is 0 Å². The normalized spacial score (nSPS) is 18.6. The van der Waals surface area contributed by atoms with E-state index in [1.165, 1.54) is 29.6 Å². The first-order valence-corrected chi connectivity index (χ1v) is 9.47. The average molecular weight is 395 g/mol. The number of aliphatic hydroxyl groups is 1. The van der Waals surface area contributed by atoms with Crippen molar-refractivity contribution in [3.8, 4) is 5.75 Å². The number of methoxy groups -OCH3 is 1. The molecule has 0 saturated carbocycles. The fraction of sp³-hybridized carbons (Fsp3) is 0.143. The van der Waals surface area contributed by atoms with E-state index < -0.39 is 17.7 Å². The lowest BCUT2D eigenvalue weighted by Crippen LogP contribution is -2.28. The van der Waals surface area contributed by atoms with Gasteiger partial charge in [0.1, 0.15) is 23.3 Å². The number of benzene rings is 1. The van der Waals surface area contributed by atoms with Crippen molar-refractivity contribution >= 4 is 28.8 Å². The number of ketones is 1. The number of hydrogen-bond acceptors (Lipinski definition) is 6. The van der Waals surface area contributed by atoms with Crippen LogP contribution in [0.3, 0.4) is 0 Å². The lowest BCUT2D eigenvalue weighted by molar-refractivity contribution is -0.140. The topological polar surface area (TPSA) is 80.0 Å². The zero-order valence-electron chi connectivity index (χ0n) is 15.0. The van der Waals surface area contributed by atoms with Gasteiger partial charge in [-0.05, 0) is 35.7 Å². The molecular formula is C21H17NO5S. The Labute approximate surface area is 165 Å². The average Bonchev–Trinajstić information content (AvgIpc) is 3.46. The van der Waals surface area contributed by atoms with Gasteiger partial charge in [0.2, 0.25) is 0 Å². The second-order valence-corrected chi connectivity index (χ2v) is 7.25. The Kier molecular flexibility index (Phi) is 4.75. The third-order valence-corrected chi connectivity index (χ3v) is 5.48. The van der Waals surface area contributed by atoms with Crippen LogP contribution in [0.25, 0.3) is 5.76 Å². The van der Waals surface area contributed by atoms with Crippen LogP contribution in [-0.4, -0.2) is 28.8 Å². The Bertz CT molecular complexity index is 1040. The quantitative estimate of drug-likeness (QED) is 0.402. The number of amides is 1. The van der Waals surface area contributed by atoms with Gasteiger partial charge in [-0.1, -0.05) is 18.2 Å². The van der Waals surface area contributed by atoms with Gasteiger partial charge < -0.3 is 19.2 Å². The molecule has 4 rings (SSSR count). The molecule has 0 spiro atoms. The maximum absolute atomic E-state index is 12.9. The van der Waals surface area contributed by atoms with Crippen LogP contribution in [0, 0.1) is 0 Å². The highest BCUT2D eigenvalue weighted by molar-refractivity contribution is 7.09. The molecule has 3 heterocycles. The molecule has 1 saturated heterocycles. The van der Waals surface area contributed by atoms with Gasteiger partial charge in [0.05, 0.1) is 31.1 Å². The van der Waals surface area contributed by atoms with E-state index in [4.69, 9.17) is 9.15 Å². The molecule has 1 aliphatic heterocycles. The second-order valence-electron chi connectivity index (χ2n) is 6.22. The van der Waals surface area contributed by atoms with Gasteiger partial charge in [-0.15, -0.1) is 11.3 Å². The number of para-hydroxylation sites is 1. The number of likely N-dealkylation sites (tertiary alicyclic amines) is 1. The van der Waals surface area contributed by atoms with Crippen molar-refractivity contribution in [1.29, 1.82) is 0 Å². The van der Waals surface area contributed by atoms with Crippen molar-refractivity contribution in [3.63, 3.8) is 0 Å². The highest BCUT2D eigenvalue weighted by Gasteiger charge is 2.47. The molecule has 1 aliphatic rings. The molecule has 7 heteroatoms. The Morgan fingerprint density at radius 3 is 2.68 bits per heavy atom. The molecule has 0 bridgehead atoms. The number of hydrogen-bond donors (Lipinski definition) is 1. The third-order valence-electron chi connectivity index (χ3n) is 4.62. The number of aliphatic hydroxyl groups excluding tert-OH is 1. The van der Waals surface area contributed by atoms with Crippen LogP contribution in [0.4, 0.5) is 0 Å². The van der Waals surface area contributed by atoms with Crippen molar-refractivity contribution in [2.24, 2.45) is 0 Å². The van der Waals surface area contributed by atoms with E-state index in [1.807, 2.05) is 17.5 Å². The molecule has 6 nitrogen and oxygen atoms in total. The summed E-state index contributed by atoms with van der Waals surface area (Å²) >= 11 is 1.49. The van der Waals surface area contributed by atoms with Crippen molar-refractivity contribution in [2.75, 3.05) is 7.11 Å².